The van der Waals surface area contributed by atoms with Crippen molar-refractivity contribution in [2.75, 3.05) is 0 Å². The Morgan fingerprint density at radius 3 is 2.92 bits per heavy atom. The van der Waals surface area contributed by atoms with Gasteiger partial charge in [0.2, 0.25) is 0 Å². The van der Waals surface area contributed by atoms with Gasteiger partial charge in [-0.2, -0.15) is 0 Å². The van der Waals surface area contributed by atoms with Gasteiger partial charge in [0.25, 0.3) is 0 Å². The molecule has 62 valence electrons. The molecule has 1 aromatic rings. The summed E-state index contributed by atoms with van der Waals surface area (Å²) in [6.45, 7) is 4.34. The monoisotopic (exact) mass is 176 g/mol. The van der Waals surface area contributed by atoms with Crippen LogP contribution in [0.15, 0.2) is 18.2 Å². The molecule has 0 saturated heterocycles. The van der Waals surface area contributed by atoms with Gasteiger partial charge in [0.15, 0.2) is 0 Å². The Morgan fingerprint density at radius 2 is 2.25 bits per heavy atom. The van der Waals surface area contributed by atoms with Crippen LogP contribution in [0.25, 0.3) is 11.6 Å². The molecule has 1 heteroatoms. The van der Waals surface area contributed by atoms with E-state index in [2.05, 4.69) is 38.1 Å². The summed E-state index contributed by atoms with van der Waals surface area (Å²) in [6, 6.07) is 2.36. The zero-order valence-corrected chi connectivity index (χ0v) is 8.52. The number of aryl methyl sites for hydroxylation is 1. The average molecular weight is 176 g/mol. The molecule has 0 fully saturated rings. The number of hydrogen-bond acceptors (Lipinski definition) is 0. The first kappa shape index (κ1) is 7.89. The van der Waals surface area contributed by atoms with Crippen molar-refractivity contribution in [1.82, 2.24) is 0 Å². The van der Waals surface area contributed by atoms with E-state index in [0.29, 0.717) is 0 Å². The first-order valence-electron chi connectivity index (χ1n) is 4.41. The van der Waals surface area contributed by atoms with Gasteiger partial charge in [0, 0.05) is 0 Å². The van der Waals surface area contributed by atoms with Gasteiger partial charge in [0.05, 0.1) is 0 Å². The third kappa shape index (κ3) is 1.07. The van der Waals surface area contributed by atoms with Gasteiger partial charge in [-0.25, -0.2) is 0 Å². The van der Waals surface area contributed by atoms with Crippen LogP contribution in [-0.4, -0.2) is 0 Å². The second-order valence-electron chi connectivity index (χ2n) is 3.05. The van der Waals surface area contributed by atoms with Crippen LogP contribution in [0.5, 0.6) is 0 Å². The molecule has 1 aromatic heterocycles. The Hall–Kier alpha value is -0.740. The lowest BCUT2D eigenvalue weighted by molar-refractivity contribution is 1.19. The summed E-state index contributed by atoms with van der Waals surface area (Å²) in [7, 11) is 0.936. The van der Waals surface area contributed by atoms with Gasteiger partial charge in [-0.3, -0.25) is 0 Å². The summed E-state index contributed by atoms with van der Waals surface area (Å²) >= 11 is 0. The number of allylic oxidation sites excluding steroid dienone is 3. The van der Waals surface area contributed by atoms with E-state index < -0.39 is 0 Å². The smallest absolute Gasteiger partial charge is 0.000945 e. The lowest BCUT2D eigenvalue weighted by atomic mass is 10.1. The standard InChI is InChI=1S/C11H13P/c1-3-8-5-6-11-10(8)7-9(4-2)12-11/h3,5-7,12H,4H2,1-2H3/b8-3-. The van der Waals surface area contributed by atoms with Crippen molar-refractivity contribution in [2.24, 2.45) is 0 Å². The van der Waals surface area contributed by atoms with Crippen LogP contribution >= 0.6 is 8.19 Å². The average Bonchev–Trinajstić information content (AvgIpc) is 2.61. The number of rotatable bonds is 1. The molecule has 1 aliphatic carbocycles. The lowest BCUT2D eigenvalue weighted by Crippen LogP contribution is -1.72. The fourth-order valence-corrected chi connectivity index (χ4v) is 2.86. The van der Waals surface area contributed by atoms with Crippen molar-refractivity contribution in [3.05, 3.63) is 34.4 Å². The fraction of sp³-hybridized carbons (Fsp3) is 0.273. The molecule has 0 amide bonds. The highest BCUT2D eigenvalue weighted by molar-refractivity contribution is 7.33. The largest absolute Gasteiger partial charge is 0.128 e. The number of hydrogen-bond donors (Lipinski definition) is 0. The van der Waals surface area contributed by atoms with Crippen LogP contribution in [0, 0.1) is 0 Å². The molecule has 0 N–H and O–H groups in total. The maximum atomic E-state index is 2.36. The molecule has 1 aliphatic rings. The van der Waals surface area contributed by atoms with Crippen LogP contribution in [0.1, 0.15) is 30.0 Å². The molecule has 0 nitrogen and oxygen atoms in total. The van der Waals surface area contributed by atoms with Crippen molar-refractivity contribution >= 4 is 19.8 Å². The van der Waals surface area contributed by atoms with E-state index >= 15 is 0 Å². The molecule has 0 bridgehead atoms. The summed E-state index contributed by atoms with van der Waals surface area (Å²) < 4.78 is 0. The van der Waals surface area contributed by atoms with Crippen LogP contribution in [0.2, 0.25) is 0 Å². The predicted molar refractivity (Wildman–Crippen MR) is 58.0 cm³/mol. The molecule has 12 heavy (non-hydrogen) atoms. The second kappa shape index (κ2) is 2.95. The van der Waals surface area contributed by atoms with Crippen LogP contribution in [-0.2, 0) is 6.42 Å². The molecule has 0 aliphatic heterocycles. The van der Waals surface area contributed by atoms with Gasteiger partial charge in [0.1, 0.15) is 0 Å². The molecule has 0 radical (unpaired) electrons. The van der Waals surface area contributed by atoms with E-state index in [-0.39, 0.29) is 0 Å². The van der Waals surface area contributed by atoms with Crippen LogP contribution < -0.4 is 0 Å². The molecule has 2 rings (SSSR count). The summed E-state index contributed by atoms with van der Waals surface area (Å²) in [5.74, 6) is 0. The van der Waals surface area contributed by atoms with Gasteiger partial charge in [-0.15, -0.1) is 8.19 Å². The van der Waals surface area contributed by atoms with Crippen molar-refractivity contribution in [3.8, 4) is 0 Å². The molecule has 0 saturated carbocycles. The normalized spacial score (nSPS) is 18.0. The zero-order valence-electron chi connectivity index (χ0n) is 7.52. The van der Waals surface area contributed by atoms with Crippen LogP contribution in [0.4, 0.5) is 0 Å². The molecule has 0 spiro atoms. The van der Waals surface area contributed by atoms with Gasteiger partial charge < -0.3 is 0 Å². The van der Waals surface area contributed by atoms with E-state index in [9.17, 15) is 0 Å². The first-order chi connectivity index (χ1) is 5.85. The maximum Gasteiger partial charge on any atom is -0.000945 e. The van der Waals surface area contributed by atoms with E-state index in [1.807, 2.05) is 0 Å². The molecular weight excluding hydrogens is 163 g/mol. The topological polar surface area (TPSA) is 0 Å². The van der Waals surface area contributed by atoms with Crippen molar-refractivity contribution < 1.29 is 0 Å². The maximum absolute atomic E-state index is 2.36. The Bertz CT molecular complexity index is 353. The summed E-state index contributed by atoms with van der Waals surface area (Å²) in [5.41, 5.74) is 2.88. The Labute approximate surface area is 75.1 Å². The summed E-state index contributed by atoms with van der Waals surface area (Å²) in [4.78, 5) is 0. The highest BCUT2D eigenvalue weighted by Crippen LogP contribution is 2.38. The fourth-order valence-electron chi connectivity index (χ4n) is 1.60. The van der Waals surface area contributed by atoms with Crippen molar-refractivity contribution in [2.45, 2.75) is 20.3 Å². The van der Waals surface area contributed by atoms with E-state index in [4.69, 9.17) is 0 Å². The molecule has 1 heterocycles. The van der Waals surface area contributed by atoms with Crippen molar-refractivity contribution in [3.63, 3.8) is 0 Å². The number of fused-ring (bicyclic) bond motifs is 1. The van der Waals surface area contributed by atoms with Gasteiger partial charge in [-0.05, 0) is 41.1 Å². The highest BCUT2D eigenvalue weighted by atomic mass is 31.0. The minimum absolute atomic E-state index is 0.936. The quantitative estimate of drug-likeness (QED) is 0.611. The second-order valence-corrected chi connectivity index (χ2v) is 4.48. The minimum atomic E-state index is 0.936. The van der Waals surface area contributed by atoms with E-state index in [1.165, 1.54) is 17.6 Å². The van der Waals surface area contributed by atoms with Crippen molar-refractivity contribution in [1.29, 1.82) is 0 Å². The van der Waals surface area contributed by atoms with Crippen LogP contribution in [0.3, 0.4) is 0 Å². The Balaban J connectivity index is 2.51. The lowest BCUT2D eigenvalue weighted by Gasteiger charge is -1.91. The molecular formula is C11H13P. The third-order valence-corrected chi connectivity index (χ3v) is 3.86. The minimum Gasteiger partial charge on any atom is -0.128 e. The first-order valence-corrected chi connectivity index (χ1v) is 5.41. The SMILES string of the molecule is C/C=C1/C=Cc2[pH]c(CC)cc21. The highest BCUT2D eigenvalue weighted by Gasteiger charge is 2.11. The Morgan fingerprint density at radius 1 is 1.42 bits per heavy atom. The summed E-state index contributed by atoms with van der Waals surface area (Å²) in [5, 5.41) is 3.14. The Kier molecular flexibility index (Phi) is 1.94. The zero-order chi connectivity index (χ0) is 8.55. The third-order valence-electron chi connectivity index (χ3n) is 2.34. The van der Waals surface area contributed by atoms with Gasteiger partial charge >= 0.3 is 0 Å². The molecule has 1 unspecified atom stereocenters. The predicted octanol–water partition coefficient (Wildman–Crippen LogP) is 3.71. The summed E-state index contributed by atoms with van der Waals surface area (Å²) in [6.07, 6.45) is 7.89. The molecule has 1 atom stereocenters. The van der Waals surface area contributed by atoms with Gasteiger partial charge in [-0.1, -0.05) is 25.2 Å². The van der Waals surface area contributed by atoms with E-state index in [1.54, 1.807) is 10.6 Å². The van der Waals surface area contributed by atoms with E-state index in [0.717, 1.165) is 8.19 Å². The molecule has 0 aromatic carbocycles.